The van der Waals surface area contributed by atoms with Crippen molar-refractivity contribution in [3.05, 3.63) is 65.2 Å². The maximum absolute atomic E-state index is 5.82. The molecule has 1 N–H and O–H groups in total. The molecule has 0 saturated heterocycles. The monoisotopic (exact) mass is 353 g/mol. The van der Waals surface area contributed by atoms with Crippen molar-refractivity contribution in [2.24, 2.45) is 0 Å². The SMILES string of the molecule is CCOc1ccc(Oc2cc(CNCc3c(C)noc3C)ccn2)cc1. The minimum absolute atomic E-state index is 0.561. The highest BCUT2D eigenvalue weighted by Gasteiger charge is 2.08. The highest BCUT2D eigenvalue weighted by atomic mass is 16.5. The fourth-order valence-corrected chi connectivity index (χ4v) is 2.59. The van der Waals surface area contributed by atoms with Crippen LogP contribution in [-0.2, 0) is 13.1 Å². The van der Waals surface area contributed by atoms with Crippen molar-refractivity contribution in [1.29, 1.82) is 0 Å². The van der Waals surface area contributed by atoms with Crippen molar-refractivity contribution in [3.8, 4) is 17.4 Å². The minimum atomic E-state index is 0.561. The molecule has 6 nitrogen and oxygen atoms in total. The second-order valence-electron chi connectivity index (χ2n) is 5.92. The molecule has 0 aliphatic carbocycles. The van der Waals surface area contributed by atoms with E-state index in [-0.39, 0.29) is 0 Å². The molecule has 136 valence electrons. The Morgan fingerprint density at radius 1 is 1.04 bits per heavy atom. The zero-order valence-corrected chi connectivity index (χ0v) is 15.3. The lowest BCUT2D eigenvalue weighted by atomic mass is 10.2. The van der Waals surface area contributed by atoms with Crippen LogP contribution >= 0.6 is 0 Å². The van der Waals surface area contributed by atoms with E-state index in [1.165, 1.54) is 0 Å². The summed E-state index contributed by atoms with van der Waals surface area (Å²) in [7, 11) is 0. The predicted molar refractivity (Wildman–Crippen MR) is 98.4 cm³/mol. The summed E-state index contributed by atoms with van der Waals surface area (Å²) in [4.78, 5) is 4.27. The molecular weight excluding hydrogens is 330 g/mol. The summed E-state index contributed by atoms with van der Waals surface area (Å²) in [5, 5.41) is 7.37. The summed E-state index contributed by atoms with van der Waals surface area (Å²) >= 11 is 0. The number of aryl methyl sites for hydroxylation is 2. The first-order valence-electron chi connectivity index (χ1n) is 8.64. The summed E-state index contributed by atoms with van der Waals surface area (Å²) < 4.78 is 16.4. The number of hydrogen-bond acceptors (Lipinski definition) is 6. The van der Waals surface area contributed by atoms with Crippen molar-refractivity contribution in [2.75, 3.05) is 6.61 Å². The van der Waals surface area contributed by atoms with E-state index in [1.54, 1.807) is 6.20 Å². The predicted octanol–water partition coefficient (Wildman–Crippen LogP) is 4.17. The van der Waals surface area contributed by atoms with Crippen LogP contribution in [0.15, 0.2) is 47.1 Å². The Morgan fingerprint density at radius 3 is 2.50 bits per heavy atom. The van der Waals surface area contributed by atoms with Gasteiger partial charge in [0.15, 0.2) is 0 Å². The third-order valence-corrected chi connectivity index (χ3v) is 3.97. The molecule has 0 fully saturated rings. The van der Waals surface area contributed by atoms with Gasteiger partial charge in [-0.2, -0.15) is 0 Å². The second-order valence-corrected chi connectivity index (χ2v) is 5.92. The number of nitrogens with one attached hydrogen (secondary N) is 1. The van der Waals surface area contributed by atoms with Crippen LogP contribution in [0.2, 0.25) is 0 Å². The molecule has 0 amide bonds. The van der Waals surface area contributed by atoms with Gasteiger partial charge in [-0.25, -0.2) is 4.98 Å². The molecule has 2 heterocycles. The Bertz CT molecular complexity index is 824. The molecule has 26 heavy (non-hydrogen) atoms. The number of hydrogen-bond donors (Lipinski definition) is 1. The third kappa shape index (κ3) is 4.61. The van der Waals surface area contributed by atoms with Gasteiger partial charge in [-0.05, 0) is 56.7 Å². The standard InChI is InChI=1S/C20H23N3O3/c1-4-24-17-5-7-18(8-6-17)25-20-11-16(9-10-22-20)12-21-13-19-14(2)23-26-15(19)3/h5-11,21H,4,12-13H2,1-3H3. The number of benzene rings is 1. The van der Waals surface area contributed by atoms with Gasteiger partial charge >= 0.3 is 0 Å². The molecule has 0 atom stereocenters. The summed E-state index contributed by atoms with van der Waals surface area (Å²) in [5.74, 6) is 2.96. The van der Waals surface area contributed by atoms with Gasteiger partial charge < -0.3 is 19.3 Å². The molecule has 0 aliphatic rings. The van der Waals surface area contributed by atoms with Gasteiger partial charge in [-0.3, -0.25) is 0 Å². The van der Waals surface area contributed by atoms with Crippen LogP contribution < -0.4 is 14.8 Å². The molecular formula is C20H23N3O3. The number of ether oxygens (including phenoxy) is 2. The first-order valence-corrected chi connectivity index (χ1v) is 8.64. The van der Waals surface area contributed by atoms with Crippen LogP contribution in [0.1, 0.15) is 29.5 Å². The smallest absolute Gasteiger partial charge is 0.219 e. The van der Waals surface area contributed by atoms with Gasteiger partial charge in [0.05, 0.1) is 12.3 Å². The molecule has 0 bridgehead atoms. The Labute approximate surface area is 153 Å². The van der Waals surface area contributed by atoms with Gasteiger partial charge in [0.2, 0.25) is 5.88 Å². The molecule has 1 aromatic carbocycles. The minimum Gasteiger partial charge on any atom is -0.494 e. The van der Waals surface area contributed by atoms with Crippen LogP contribution in [0.5, 0.6) is 17.4 Å². The normalized spacial score (nSPS) is 10.7. The quantitative estimate of drug-likeness (QED) is 0.655. The first-order chi connectivity index (χ1) is 12.7. The van der Waals surface area contributed by atoms with E-state index in [0.29, 0.717) is 25.6 Å². The average molecular weight is 353 g/mol. The van der Waals surface area contributed by atoms with Crippen LogP contribution in [0, 0.1) is 13.8 Å². The summed E-state index contributed by atoms with van der Waals surface area (Å²) in [6, 6.07) is 11.4. The first kappa shape index (κ1) is 17.9. The highest BCUT2D eigenvalue weighted by Crippen LogP contribution is 2.23. The fraction of sp³-hybridized carbons (Fsp3) is 0.300. The van der Waals surface area contributed by atoms with Crippen molar-refractivity contribution in [3.63, 3.8) is 0 Å². The Kier molecular flexibility index (Phi) is 5.86. The Morgan fingerprint density at radius 2 is 1.81 bits per heavy atom. The van der Waals surface area contributed by atoms with E-state index in [9.17, 15) is 0 Å². The Balaban J connectivity index is 1.57. The van der Waals surface area contributed by atoms with Gasteiger partial charge in [0.1, 0.15) is 17.3 Å². The topological polar surface area (TPSA) is 69.4 Å². The lowest BCUT2D eigenvalue weighted by Crippen LogP contribution is -2.13. The van der Waals surface area contributed by atoms with Gasteiger partial charge in [0, 0.05) is 30.9 Å². The van der Waals surface area contributed by atoms with E-state index >= 15 is 0 Å². The fourth-order valence-electron chi connectivity index (χ4n) is 2.59. The average Bonchev–Trinajstić information content (AvgIpc) is 2.96. The van der Waals surface area contributed by atoms with E-state index < -0.39 is 0 Å². The number of rotatable bonds is 8. The molecule has 3 aromatic rings. The zero-order valence-electron chi connectivity index (χ0n) is 15.3. The van der Waals surface area contributed by atoms with Gasteiger partial charge in [-0.15, -0.1) is 0 Å². The molecule has 0 saturated carbocycles. The lowest BCUT2D eigenvalue weighted by molar-refractivity contribution is 0.339. The molecule has 3 rings (SSSR count). The molecule has 0 spiro atoms. The molecule has 0 radical (unpaired) electrons. The summed E-state index contributed by atoms with van der Waals surface area (Å²) in [6.07, 6.45) is 1.75. The lowest BCUT2D eigenvalue weighted by Gasteiger charge is -2.09. The van der Waals surface area contributed by atoms with Crippen LogP contribution in [-0.4, -0.2) is 16.7 Å². The van der Waals surface area contributed by atoms with Crippen molar-refractivity contribution < 1.29 is 14.0 Å². The Hall–Kier alpha value is -2.86. The van der Waals surface area contributed by atoms with Gasteiger partial charge in [-0.1, -0.05) is 5.16 Å². The van der Waals surface area contributed by atoms with Crippen LogP contribution in [0.25, 0.3) is 0 Å². The molecule has 0 unspecified atom stereocenters. The highest BCUT2D eigenvalue weighted by molar-refractivity contribution is 5.34. The van der Waals surface area contributed by atoms with Crippen LogP contribution in [0.3, 0.4) is 0 Å². The second kappa shape index (κ2) is 8.49. The van der Waals surface area contributed by atoms with E-state index in [2.05, 4.69) is 15.5 Å². The van der Waals surface area contributed by atoms with Crippen molar-refractivity contribution in [2.45, 2.75) is 33.9 Å². The maximum atomic E-state index is 5.82. The molecule has 6 heteroatoms. The van der Waals surface area contributed by atoms with Crippen LogP contribution in [0.4, 0.5) is 0 Å². The number of aromatic nitrogens is 2. The van der Waals surface area contributed by atoms with Gasteiger partial charge in [0.25, 0.3) is 0 Å². The van der Waals surface area contributed by atoms with Crippen molar-refractivity contribution in [1.82, 2.24) is 15.5 Å². The van der Waals surface area contributed by atoms with E-state index in [1.807, 2.05) is 57.2 Å². The van der Waals surface area contributed by atoms with Crippen molar-refractivity contribution >= 4 is 0 Å². The third-order valence-electron chi connectivity index (χ3n) is 3.97. The van der Waals surface area contributed by atoms with E-state index in [0.717, 1.165) is 34.1 Å². The summed E-state index contributed by atoms with van der Waals surface area (Å²) in [5.41, 5.74) is 3.11. The summed E-state index contributed by atoms with van der Waals surface area (Å²) in [6.45, 7) is 7.88. The maximum Gasteiger partial charge on any atom is 0.219 e. The number of pyridine rings is 1. The van der Waals surface area contributed by atoms with E-state index in [4.69, 9.17) is 14.0 Å². The largest absolute Gasteiger partial charge is 0.494 e. The molecule has 2 aromatic heterocycles. The molecule has 0 aliphatic heterocycles. The number of nitrogens with zero attached hydrogens (tertiary/aromatic N) is 2. The zero-order chi connectivity index (χ0) is 18.4.